The largest absolute Gasteiger partial charge is 0.318 e. The summed E-state index contributed by atoms with van der Waals surface area (Å²) in [5.74, 6) is 0.711. The summed E-state index contributed by atoms with van der Waals surface area (Å²) in [4.78, 5) is 10.2. The lowest BCUT2D eigenvalue weighted by molar-refractivity contribution is 0.593. The van der Waals surface area contributed by atoms with E-state index in [1.807, 2.05) is 12.1 Å². The summed E-state index contributed by atoms with van der Waals surface area (Å²) in [7, 11) is 0. The van der Waals surface area contributed by atoms with E-state index in [2.05, 4.69) is 181 Å². The van der Waals surface area contributed by atoms with Crippen molar-refractivity contribution >= 4 is 21.8 Å². The predicted octanol–water partition coefficient (Wildman–Crippen LogP) is 11.7. The average Bonchev–Trinajstić information content (AvgIpc) is 3.79. The Labute approximate surface area is 297 Å². The smallest absolute Gasteiger partial charge is 0.160 e. The highest BCUT2D eigenvalue weighted by Crippen LogP contribution is 2.49. The molecule has 6 aromatic carbocycles. The van der Waals surface area contributed by atoms with Gasteiger partial charge >= 0.3 is 0 Å². The number of nitrogens with zero attached hydrogens (tertiary/aromatic N) is 4. The number of fused-ring (bicyclic) bond motifs is 5. The highest BCUT2D eigenvalue weighted by molar-refractivity contribution is 6.12. The summed E-state index contributed by atoms with van der Waals surface area (Å²) in [6.07, 6.45) is 2.23. The van der Waals surface area contributed by atoms with Gasteiger partial charge in [0, 0.05) is 44.8 Å². The Balaban J connectivity index is 1.12. The molecule has 0 spiro atoms. The molecule has 0 radical (unpaired) electrons. The van der Waals surface area contributed by atoms with Crippen LogP contribution < -0.4 is 0 Å². The maximum absolute atomic E-state index is 5.10. The van der Waals surface area contributed by atoms with E-state index < -0.39 is 0 Å². The molecule has 0 amide bonds. The van der Waals surface area contributed by atoms with Crippen molar-refractivity contribution in [1.82, 2.24) is 19.1 Å². The Hall–Kier alpha value is -6.52. The number of hydrogen-bond donors (Lipinski definition) is 0. The lowest BCUT2D eigenvalue weighted by atomic mass is 9.78. The summed E-state index contributed by atoms with van der Waals surface area (Å²) < 4.78 is 4.84. The van der Waals surface area contributed by atoms with E-state index in [1.54, 1.807) is 0 Å². The Morgan fingerprint density at radius 1 is 0.490 bits per heavy atom. The van der Waals surface area contributed by atoms with E-state index in [4.69, 9.17) is 9.97 Å². The fraction of sp³-hybridized carbons (Fsp3) is 0.0638. The van der Waals surface area contributed by atoms with Crippen molar-refractivity contribution < 1.29 is 0 Å². The maximum atomic E-state index is 5.10. The van der Waals surface area contributed by atoms with E-state index in [9.17, 15) is 0 Å². The van der Waals surface area contributed by atoms with Gasteiger partial charge in [0.2, 0.25) is 0 Å². The molecule has 0 unspecified atom stereocenters. The van der Waals surface area contributed by atoms with Gasteiger partial charge in [0.1, 0.15) is 0 Å². The molecule has 10 rings (SSSR count). The minimum Gasteiger partial charge on any atom is -0.318 e. The highest BCUT2D eigenvalue weighted by Gasteiger charge is 2.38. The molecule has 0 aliphatic carbocycles. The van der Waals surface area contributed by atoms with E-state index in [1.165, 1.54) is 44.4 Å². The Bertz CT molecular complexity index is 2700. The second-order valence-electron chi connectivity index (χ2n) is 13.9. The molecule has 0 saturated heterocycles. The van der Waals surface area contributed by atoms with Crippen LogP contribution >= 0.6 is 0 Å². The van der Waals surface area contributed by atoms with Crippen molar-refractivity contribution in [3.63, 3.8) is 0 Å². The van der Waals surface area contributed by atoms with E-state index in [0.717, 1.165) is 39.2 Å². The highest BCUT2D eigenvalue weighted by atomic mass is 15.1. The van der Waals surface area contributed by atoms with Gasteiger partial charge in [-0.2, -0.15) is 0 Å². The summed E-state index contributed by atoms with van der Waals surface area (Å²) in [6.45, 7) is 4.71. The average molecular weight is 655 g/mol. The minimum absolute atomic E-state index is 0.192. The van der Waals surface area contributed by atoms with Crippen LogP contribution in [0.5, 0.6) is 0 Å². The molecule has 0 bridgehead atoms. The second-order valence-corrected chi connectivity index (χ2v) is 13.9. The molecule has 51 heavy (non-hydrogen) atoms. The van der Waals surface area contributed by atoms with E-state index >= 15 is 0 Å². The Morgan fingerprint density at radius 2 is 1.10 bits per heavy atom. The van der Waals surface area contributed by atoms with Crippen LogP contribution in [0.3, 0.4) is 0 Å². The summed E-state index contributed by atoms with van der Waals surface area (Å²) in [5, 5.41) is 2.53. The van der Waals surface area contributed by atoms with Crippen LogP contribution in [-0.4, -0.2) is 19.1 Å². The number of hydrogen-bond acceptors (Lipinski definition) is 2. The van der Waals surface area contributed by atoms with Gasteiger partial charge in [-0.25, -0.2) is 9.97 Å². The van der Waals surface area contributed by atoms with Crippen molar-refractivity contribution in [3.8, 4) is 56.4 Å². The zero-order valence-electron chi connectivity index (χ0n) is 28.5. The van der Waals surface area contributed by atoms with Gasteiger partial charge in [-0.1, -0.05) is 135 Å². The molecule has 1 aliphatic heterocycles. The van der Waals surface area contributed by atoms with Crippen molar-refractivity contribution in [2.75, 3.05) is 0 Å². The summed E-state index contributed by atoms with van der Waals surface area (Å²) in [6, 6.07) is 58.1. The number of aromatic nitrogens is 4. The van der Waals surface area contributed by atoms with E-state index in [-0.39, 0.29) is 5.41 Å². The van der Waals surface area contributed by atoms with Crippen LogP contribution in [0, 0.1) is 0 Å². The quantitative estimate of drug-likeness (QED) is 0.185. The third-order valence-corrected chi connectivity index (χ3v) is 10.5. The molecule has 0 atom stereocenters. The molecule has 4 heterocycles. The minimum atomic E-state index is -0.192. The third kappa shape index (κ3) is 4.60. The molecular weight excluding hydrogens is 621 g/mol. The first-order chi connectivity index (χ1) is 25.0. The monoisotopic (exact) mass is 654 g/mol. The lowest BCUT2D eigenvalue weighted by Gasteiger charge is -2.34. The number of rotatable bonds is 5. The number of benzene rings is 6. The van der Waals surface area contributed by atoms with Gasteiger partial charge in [-0.05, 0) is 59.2 Å². The van der Waals surface area contributed by atoms with Crippen molar-refractivity contribution in [1.29, 1.82) is 0 Å². The first kappa shape index (κ1) is 29.4. The summed E-state index contributed by atoms with van der Waals surface area (Å²) >= 11 is 0. The Morgan fingerprint density at radius 3 is 1.80 bits per heavy atom. The second kappa shape index (κ2) is 11.3. The molecule has 242 valence electrons. The van der Waals surface area contributed by atoms with Crippen LogP contribution in [0.4, 0.5) is 0 Å². The SMILES string of the molecule is CC1(C)c2cccc3c4cc(-c5cccc(-c6nc(-c7ccccc7)cc(-c7ccccc7)n6)c5)ccc4n(c23)-c2ccn(-c3ccccc3)c21. The van der Waals surface area contributed by atoms with Gasteiger partial charge < -0.3 is 9.13 Å². The molecule has 3 aromatic heterocycles. The van der Waals surface area contributed by atoms with Gasteiger partial charge in [0.05, 0.1) is 33.8 Å². The Kier molecular flexibility index (Phi) is 6.49. The normalized spacial score (nSPS) is 13.1. The van der Waals surface area contributed by atoms with Crippen molar-refractivity contribution in [2.45, 2.75) is 19.3 Å². The first-order valence-corrected chi connectivity index (χ1v) is 17.5. The zero-order chi connectivity index (χ0) is 34.1. The molecule has 9 aromatic rings. The van der Waals surface area contributed by atoms with Crippen molar-refractivity contribution in [2.24, 2.45) is 0 Å². The predicted molar refractivity (Wildman–Crippen MR) is 210 cm³/mol. The number of para-hydroxylation sites is 2. The van der Waals surface area contributed by atoms with Crippen LogP contribution in [-0.2, 0) is 5.41 Å². The van der Waals surface area contributed by atoms with Gasteiger partial charge in [0.25, 0.3) is 0 Å². The fourth-order valence-corrected chi connectivity index (χ4v) is 8.09. The topological polar surface area (TPSA) is 35.6 Å². The molecule has 0 saturated carbocycles. The third-order valence-electron chi connectivity index (χ3n) is 10.5. The first-order valence-electron chi connectivity index (χ1n) is 17.5. The molecule has 0 fully saturated rings. The molecule has 4 nitrogen and oxygen atoms in total. The lowest BCUT2D eigenvalue weighted by Crippen LogP contribution is -2.28. The molecule has 4 heteroatoms. The molecular formula is C47H34N4. The van der Waals surface area contributed by atoms with Gasteiger partial charge in [-0.15, -0.1) is 0 Å². The molecule has 1 aliphatic rings. The maximum Gasteiger partial charge on any atom is 0.160 e. The van der Waals surface area contributed by atoms with E-state index in [0.29, 0.717) is 5.82 Å². The van der Waals surface area contributed by atoms with Gasteiger partial charge in [-0.3, -0.25) is 0 Å². The fourth-order valence-electron chi connectivity index (χ4n) is 8.09. The van der Waals surface area contributed by atoms with Crippen LogP contribution in [0.2, 0.25) is 0 Å². The standard InChI is InChI=1S/C47H34N4/c1-47(2)39-23-13-22-37-38-29-34(24-25-42(38)51(44(37)39)43-26-27-50(45(43)47)36-20-10-5-11-21-36)33-18-12-19-35(28-33)46-48-40(31-14-6-3-7-15-31)30-41(49-46)32-16-8-4-9-17-32/h3-30H,1-2H3. The molecule has 0 N–H and O–H groups in total. The van der Waals surface area contributed by atoms with Crippen molar-refractivity contribution in [3.05, 3.63) is 181 Å². The van der Waals surface area contributed by atoms with Gasteiger partial charge in [0.15, 0.2) is 5.82 Å². The van der Waals surface area contributed by atoms with Crippen LogP contribution in [0.15, 0.2) is 170 Å². The van der Waals surface area contributed by atoms with Crippen LogP contribution in [0.25, 0.3) is 78.2 Å². The summed E-state index contributed by atoms with van der Waals surface area (Å²) in [5.41, 5.74) is 14.6. The zero-order valence-corrected chi connectivity index (χ0v) is 28.5. The van der Waals surface area contributed by atoms with Crippen LogP contribution in [0.1, 0.15) is 25.1 Å².